The van der Waals surface area contributed by atoms with Crippen LogP contribution in [0.1, 0.15) is 32.6 Å². The average molecular weight is 328 g/mol. The Hall–Kier alpha value is -0.710. The third kappa shape index (κ3) is 4.15. The van der Waals surface area contributed by atoms with Crippen molar-refractivity contribution < 1.29 is 9.53 Å². The summed E-state index contributed by atoms with van der Waals surface area (Å²) in [5.74, 6) is 0.935. The van der Waals surface area contributed by atoms with Crippen LogP contribution >= 0.6 is 23.4 Å². The predicted octanol–water partition coefficient (Wildman–Crippen LogP) is 3.88. The van der Waals surface area contributed by atoms with Gasteiger partial charge in [-0.15, -0.1) is 11.8 Å². The van der Waals surface area contributed by atoms with Crippen molar-refractivity contribution in [1.29, 1.82) is 0 Å². The SMILES string of the molecule is CCOC(=O)C1(N)CCCC1CCSc1ccc(Cl)cc1. The summed E-state index contributed by atoms with van der Waals surface area (Å²) in [5.41, 5.74) is 5.55. The average Bonchev–Trinajstić information content (AvgIpc) is 2.84. The Kier molecular flexibility index (Phi) is 5.97. The number of carbonyl (C=O) groups is 1. The second-order valence-corrected chi connectivity index (χ2v) is 7.05. The Morgan fingerprint density at radius 1 is 1.48 bits per heavy atom. The van der Waals surface area contributed by atoms with Gasteiger partial charge in [0.15, 0.2) is 0 Å². The lowest BCUT2D eigenvalue weighted by Gasteiger charge is -2.28. The predicted molar refractivity (Wildman–Crippen MR) is 87.7 cm³/mol. The number of hydrogen-bond acceptors (Lipinski definition) is 4. The van der Waals surface area contributed by atoms with E-state index in [4.69, 9.17) is 22.1 Å². The zero-order valence-electron chi connectivity index (χ0n) is 12.3. The third-order valence-electron chi connectivity index (χ3n) is 4.08. The minimum atomic E-state index is -0.781. The van der Waals surface area contributed by atoms with Crippen LogP contribution in [0, 0.1) is 5.92 Å². The van der Waals surface area contributed by atoms with Gasteiger partial charge in [0, 0.05) is 9.92 Å². The quantitative estimate of drug-likeness (QED) is 0.636. The van der Waals surface area contributed by atoms with E-state index >= 15 is 0 Å². The van der Waals surface area contributed by atoms with Crippen molar-refractivity contribution in [3.05, 3.63) is 29.3 Å². The minimum Gasteiger partial charge on any atom is -0.465 e. The molecule has 0 bridgehead atoms. The third-order valence-corrected chi connectivity index (χ3v) is 5.37. The smallest absolute Gasteiger partial charge is 0.326 e. The maximum atomic E-state index is 12.1. The number of hydrogen-bond donors (Lipinski definition) is 1. The Balaban J connectivity index is 1.87. The molecule has 1 saturated carbocycles. The van der Waals surface area contributed by atoms with Gasteiger partial charge in [-0.2, -0.15) is 0 Å². The normalized spacial score (nSPS) is 25.0. The van der Waals surface area contributed by atoms with Crippen LogP contribution in [-0.4, -0.2) is 23.9 Å². The lowest BCUT2D eigenvalue weighted by atomic mass is 9.86. The van der Waals surface area contributed by atoms with Crippen LogP contribution in [0.5, 0.6) is 0 Å². The first-order valence-corrected chi connectivity index (χ1v) is 8.77. The van der Waals surface area contributed by atoms with Crippen molar-refractivity contribution in [2.45, 2.75) is 43.0 Å². The molecule has 1 aliphatic rings. The van der Waals surface area contributed by atoms with Gasteiger partial charge in [-0.05, 0) is 62.1 Å². The number of carbonyl (C=O) groups excluding carboxylic acids is 1. The van der Waals surface area contributed by atoms with E-state index in [0.29, 0.717) is 6.61 Å². The fraction of sp³-hybridized carbons (Fsp3) is 0.562. The molecule has 2 unspecified atom stereocenters. The molecule has 0 spiro atoms. The van der Waals surface area contributed by atoms with Gasteiger partial charge < -0.3 is 10.5 Å². The maximum absolute atomic E-state index is 12.1. The van der Waals surface area contributed by atoms with Crippen molar-refractivity contribution in [2.24, 2.45) is 11.7 Å². The summed E-state index contributed by atoms with van der Waals surface area (Å²) in [4.78, 5) is 13.3. The van der Waals surface area contributed by atoms with E-state index in [1.165, 1.54) is 4.90 Å². The highest BCUT2D eigenvalue weighted by atomic mass is 35.5. The monoisotopic (exact) mass is 327 g/mol. The van der Waals surface area contributed by atoms with Crippen LogP contribution < -0.4 is 5.73 Å². The van der Waals surface area contributed by atoms with E-state index < -0.39 is 5.54 Å². The number of esters is 1. The molecule has 0 amide bonds. The zero-order valence-corrected chi connectivity index (χ0v) is 13.9. The van der Waals surface area contributed by atoms with E-state index in [1.54, 1.807) is 11.8 Å². The number of halogens is 1. The highest BCUT2D eigenvalue weighted by Gasteiger charge is 2.46. The van der Waals surface area contributed by atoms with E-state index in [1.807, 2.05) is 31.2 Å². The first kappa shape index (κ1) is 16.7. The Morgan fingerprint density at radius 2 is 2.19 bits per heavy atom. The standard InChI is InChI=1S/C16H22ClNO2S/c1-2-20-15(19)16(18)10-3-4-12(16)9-11-21-14-7-5-13(17)6-8-14/h5-8,12H,2-4,9-11,18H2,1H3. The lowest BCUT2D eigenvalue weighted by molar-refractivity contribution is -0.151. The molecular weight excluding hydrogens is 306 g/mol. The molecule has 1 fully saturated rings. The molecule has 2 atom stereocenters. The van der Waals surface area contributed by atoms with Crippen molar-refractivity contribution in [3.8, 4) is 0 Å². The fourth-order valence-corrected chi connectivity index (χ4v) is 3.98. The largest absolute Gasteiger partial charge is 0.465 e. The van der Waals surface area contributed by atoms with Crippen molar-refractivity contribution in [3.63, 3.8) is 0 Å². The van der Waals surface area contributed by atoms with Gasteiger partial charge in [-0.25, -0.2) is 0 Å². The summed E-state index contributed by atoms with van der Waals surface area (Å²) in [7, 11) is 0. The minimum absolute atomic E-state index is 0.219. The second kappa shape index (κ2) is 7.52. The molecule has 3 nitrogen and oxygen atoms in total. The van der Waals surface area contributed by atoms with Crippen molar-refractivity contribution >= 4 is 29.3 Å². The van der Waals surface area contributed by atoms with Gasteiger partial charge in [0.05, 0.1) is 6.61 Å². The molecule has 21 heavy (non-hydrogen) atoms. The Labute approximate surface area is 135 Å². The topological polar surface area (TPSA) is 52.3 Å². The maximum Gasteiger partial charge on any atom is 0.326 e. The molecule has 0 saturated heterocycles. The molecule has 5 heteroatoms. The molecule has 2 rings (SSSR count). The molecule has 2 N–H and O–H groups in total. The molecule has 116 valence electrons. The summed E-state index contributed by atoms with van der Waals surface area (Å²) in [6, 6.07) is 7.82. The van der Waals surface area contributed by atoms with Gasteiger partial charge in [-0.3, -0.25) is 4.79 Å². The van der Waals surface area contributed by atoms with Gasteiger partial charge >= 0.3 is 5.97 Å². The van der Waals surface area contributed by atoms with Gasteiger partial charge in [0.25, 0.3) is 0 Å². The summed E-state index contributed by atoms with van der Waals surface area (Å²) in [5, 5.41) is 0.749. The van der Waals surface area contributed by atoms with Crippen LogP contribution in [0.25, 0.3) is 0 Å². The number of rotatable bonds is 6. The number of ether oxygens (including phenoxy) is 1. The zero-order chi connectivity index (χ0) is 15.3. The second-order valence-electron chi connectivity index (χ2n) is 5.44. The first-order valence-electron chi connectivity index (χ1n) is 7.40. The number of benzene rings is 1. The molecular formula is C16H22ClNO2S. The Morgan fingerprint density at radius 3 is 2.86 bits per heavy atom. The summed E-state index contributed by atoms with van der Waals surface area (Å²) >= 11 is 7.65. The van der Waals surface area contributed by atoms with Gasteiger partial charge in [0.2, 0.25) is 0 Å². The molecule has 1 aliphatic carbocycles. The van der Waals surface area contributed by atoms with Crippen molar-refractivity contribution in [2.75, 3.05) is 12.4 Å². The van der Waals surface area contributed by atoms with E-state index in [2.05, 4.69) is 0 Å². The van der Waals surface area contributed by atoms with Gasteiger partial charge in [-0.1, -0.05) is 18.0 Å². The molecule has 0 aromatic heterocycles. The fourth-order valence-electron chi connectivity index (χ4n) is 2.89. The highest BCUT2D eigenvalue weighted by molar-refractivity contribution is 7.99. The number of thioether (sulfide) groups is 1. The van der Waals surface area contributed by atoms with Crippen LogP contribution in [0.3, 0.4) is 0 Å². The molecule has 0 heterocycles. The van der Waals surface area contributed by atoms with E-state index in [0.717, 1.165) is 36.5 Å². The Bertz CT molecular complexity index is 480. The summed E-state index contributed by atoms with van der Waals surface area (Å²) in [6.45, 7) is 2.21. The highest BCUT2D eigenvalue weighted by Crippen LogP contribution is 2.38. The molecule has 1 aromatic rings. The summed E-state index contributed by atoms with van der Waals surface area (Å²) in [6.07, 6.45) is 3.69. The van der Waals surface area contributed by atoms with Crippen LogP contribution in [0.15, 0.2) is 29.2 Å². The van der Waals surface area contributed by atoms with Crippen LogP contribution in [0.4, 0.5) is 0 Å². The molecule has 0 aliphatic heterocycles. The van der Waals surface area contributed by atoms with Gasteiger partial charge in [0.1, 0.15) is 5.54 Å². The van der Waals surface area contributed by atoms with E-state index in [-0.39, 0.29) is 11.9 Å². The van der Waals surface area contributed by atoms with Crippen LogP contribution in [-0.2, 0) is 9.53 Å². The number of nitrogens with two attached hydrogens (primary N) is 1. The molecule has 1 aromatic carbocycles. The first-order chi connectivity index (χ1) is 10.1. The molecule has 0 radical (unpaired) electrons. The van der Waals surface area contributed by atoms with E-state index in [9.17, 15) is 4.79 Å². The van der Waals surface area contributed by atoms with Crippen LogP contribution in [0.2, 0.25) is 5.02 Å². The lowest BCUT2D eigenvalue weighted by Crippen LogP contribution is -2.52. The summed E-state index contributed by atoms with van der Waals surface area (Å²) < 4.78 is 5.15. The van der Waals surface area contributed by atoms with Crippen molar-refractivity contribution in [1.82, 2.24) is 0 Å².